The number of hydrogen-bond donors (Lipinski definition) is 3. The molecule has 0 fully saturated rings. The quantitative estimate of drug-likeness (QED) is 0.296. The van der Waals surface area contributed by atoms with E-state index >= 15 is 0 Å². The molecular formula is C11H21N5O3. The van der Waals surface area contributed by atoms with Crippen LogP contribution >= 0.6 is 0 Å². The Morgan fingerprint density at radius 3 is 2.74 bits per heavy atom. The first-order valence-corrected chi connectivity index (χ1v) is 6.10. The Morgan fingerprint density at radius 1 is 1.37 bits per heavy atom. The highest BCUT2D eigenvalue weighted by Gasteiger charge is 1.96. The summed E-state index contributed by atoms with van der Waals surface area (Å²) in [6.45, 7) is 4.83. The van der Waals surface area contributed by atoms with Gasteiger partial charge in [0.25, 0.3) is 0 Å². The molecule has 1 amide bonds. The van der Waals surface area contributed by atoms with Crippen molar-refractivity contribution in [1.29, 1.82) is 0 Å². The largest absolute Gasteiger partial charge is 0.377 e. The normalized spacial score (nSPS) is 10.4. The Hall–Kier alpha value is -1.64. The molecule has 1 aromatic rings. The molecule has 0 spiro atoms. The second kappa shape index (κ2) is 9.31. The van der Waals surface area contributed by atoms with Crippen molar-refractivity contribution >= 4 is 11.7 Å². The van der Waals surface area contributed by atoms with E-state index in [1.807, 2.05) is 4.57 Å². The van der Waals surface area contributed by atoms with Crippen LogP contribution in [0.3, 0.4) is 0 Å². The fourth-order valence-electron chi connectivity index (χ4n) is 1.35. The zero-order chi connectivity index (χ0) is 13.9. The molecule has 0 unspecified atom stereocenters. The van der Waals surface area contributed by atoms with Gasteiger partial charge in [-0.15, -0.1) is 0 Å². The molecular weight excluding hydrogens is 250 g/mol. The Balaban J connectivity index is 1.89. The van der Waals surface area contributed by atoms with Crippen molar-refractivity contribution < 1.29 is 14.3 Å². The fourth-order valence-corrected chi connectivity index (χ4v) is 1.35. The molecule has 108 valence electrons. The summed E-state index contributed by atoms with van der Waals surface area (Å²) in [6, 6.07) is 0. The molecule has 0 saturated carbocycles. The number of nitrogen functional groups attached to an aromatic ring is 1. The molecule has 1 rings (SSSR count). The molecule has 0 saturated heterocycles. The standard InChI is InChI=1S/C11H21N5O3/c1-10(17)13-2-4-18-6-7-19-5-3-16-8-11(15-12)14-9-16/h8-9,15H,2-7,12H2,1H3,(H,13,17). The molecule has 0 aliphatic heterocycles. The summed E-state index contributed by atoms with van der Waals surface area (Å²) in [7, 11) is 0. The van der Waals surface area contributed by atoms with Gasteiger partial charge < -0.3 is 24.8 Å². The van der Waals surface area contributed by atoms with Crippen LogP contribution in [0.5, 0.6) is 0 Å². The maximum Gasteiger partial charge on any atom is 0.216 e. The number of rotatable bonds is 10. The van der Waals surface area contributed by atoms with Crippen LogP contribution in [0.15, 0.2) is 12.5 Å². The van der Waals surface area contributed by atoms with Gasteiger partial charge in [0.05, 0.1) is 32.8 Å². The van der Waals surface area contributed by atoms with Crippen LogP contribution in [0.1, 0.15) is 6.92 Å². The molecule has 0 atom stereocenters. The van der Waals surface area contributed by atoms with Gasteiger partial charge in [0.2, 0.25) is 5.91 Å². The van der Waals surface area contributed by atoms with Crippen molar-refractivity contribution in [2.75, 3.05) is 38.4 Å². The molecule has 0 radical (unpaired) electrons. The number of carbonyl (C=O) groups excluding carboxylic acids is 1. The van der Waals surface area contributed by atoms with Crippen molar-refractivity contribution in [3.63, 3.8) is 0 Å². The fraction of sp³-hybridized carbons (Fsp3) is 0.636. The van der Waals surface area contributed by atoms with Gasteiger partial charge in [-0.3, -0.25) is 4.79 Å². The number of nitrogens with zero attached hydrogens (tertiary/aromatic N) is 2. The second-order valence-corrected chi connectivity index (χ2v) is 3.85. The highest BCUT2D eigenvalue weighted by molar-refractivity contribution is 5.72. The molecule has 0 aliphatic carbocycles. The van der Waals surface area contributed by atoms with Crippen LogP contribution in [0.25, 0.3) is 0 Å². The average molecular weight is 271 g/mol. The minimum absolute atomic E-state index is 0.0495. The van der Waals surface area contributed by atoms with Gasteiger partial charge in [-0.25, -0.2) is 10.8 Å². The van der Waals surface area contributed by atoms with E-state index in [1.165, 1.54) is 6.92 Å². The third-order valence-corrected chi connectivity index (χ3v) is 2.27. The van der Waals surface area contributed by atoms with Crippen LogP contribution in [0, 0.1) is 0 Å². The summed E-state index contributed by atoms with van der Waals surface area (Å²) in [6.07, 6.45) is 3.48. The van der Waals surface area contributed by atoms with Crippen LogP contribution in [0.4, 0.5) is 5.82 Å². The molecule has 0 aromatic carbocycles. The molecule has 8 heteroatoms. The first kappa shape index (κ1) is 15.4. The number of ether oxygens (including phenoxy) is 2. The van der Waals surface area contributed by atoms with Crippen LogP contribution < -0.4 is 16.6 Å². The van der Waals surface area contributed by atoms with Crippen molar-refractivity contribution in [3.05, 3.63) is 12.5 Å². The number of imidazole rings is 1. The second-order valence-electron chi connectivity index (χ2n) is 3.85. The first-order chi connectivity index (χ1) is 9.22. The molecule has 0 bridgehead atoms. The Labute approximate surface area is 112 Å². The molecule has 1 heterocycles. The van der Waals surface area contributed by atoms with Gasteiger partial charge in [-0.2, -0.15) is 0 Å². The van der Waals surface area contributed by atoms with Gasteiger partial charge >= 0.3 is 0 Å². The minimum atomic E-state index is -0.0495. The number of hydrazine groups is 1. The molecule has 0 aliphatic rings. The van der Waals surface area contributed by atoms with Crippen LogP contribution in [0.2, 0.25) is 0 Å². The van der Waals surface area contributed by atoms with Crippen LogP contribution in [-0.2, 0) is 20.8 Å². The topological polar surface area (TPSA) is 103 Å². The van der Waals surface area contributed by atoms with E-state index in [1.54, 1.807) is 12.5 Å². The highest BCUT2D eigenvalue weighted by atomic mass is 16.5. The summed E-state index contributed by atoms with van der Waals surface area (Å²) in [5.41, 5.74) is 2.46. The Bertz CT molecular complexity index is 369. The summed E-state index contributed by atoms with van der Waals surface area (Å²) < 4.78 is 12.5. The third-order valence-electron chi connectivity index (χ3n) is 2.27. The first-order valence-electron chi connectivity index (χ1n) is 6.10. The maximum absolute atomic E-state index is 10.6. The highest BCUT2D eigenvalue weighted by Crippen LogP contribution is 1.99. The van der Waals surface area contributed by atoms with E-state index in [4.69, 9.17) is 15.3 Å². The lowest BCUT2D eigenvalue weighted by Gasteiger charge is -2.06. The number of hydrogen-bond acceptors (Lipinski definition) is 6. The predicted molar refractivity (Wildman–Crippen MR) is 70.4 cm³/mol. The van der Waals surface area contributed by atoms with Gasteiger partial charge in [-0.1, -0.05) is 0 Å². The van der Waals surface area contributed by atoms with Crippen molar-refractivity contribution in [2.45, 2.75) is 13.5 Å². The number of aromatic nitrogens is 2. The average Bonchev–Trinajstić information content (AvgIpc) is 2.84. The van der Waals surface area contributed by atoms with Crippen LogP contribution in [-0.4, -0.2) is 48.4 Å². The lowest BCUT2D eigenvalue weighted by atomic mass is 10.6. The number of amides is 1. The summed E-state index contributed by atoms with van der Waals surface area (Å²) in [5, 5.41) is 2.65. The molecule has 19 heavy (non-hydrogen) atoms. The molecule has 4 N–H and O–H groups in total. The maximum atomic E-state index is 10.6. The van der Waals surface area contributed by atoms with E-state index in [0.29, 0.717) is 45.3 Å². The van der Waals surface area contributed by atoms with E-state index < -0.39 is 0 Å². The zero-order valence-corrected chi connectivity index (χ0v) is 11.1. The van der Waals surface area contributed by atoms with Gasteiger partial charge in [0.1, 0.15) is 0 Å². The zero-order valence-electron chi connectivity index (χ0n) is 11.1. The minimum Gasteiger partial charge on any atom is -0.377 e. The van der Waals surface area contributed by atoms with Gasteiger partial charge in [0.15, 0.2) is 5.82 Å². The van der Waals surface area contributed by atoms with E-state index in [-0.39, 0.29) is 5.91 Å². The van der Waals surface area contributed by atoms with Gasteiger partial charge in [-0.05, 0) is 0 Å². The molecule has 8 nitrogen and oxygen atoms in total. The lowest BCUT2D eigenvalue weighted by Crippen LogP contribution is -2.25. The SMILES string of the molecule is CC(=O)NCCOCCOCCn1cnc(NN)c1. The molecule has 1 aromatic heterocycles. The van der Waals surface area contributed by atoms with Crippen molar-refractivity contribution in [2.24, 2.45) is 5.84 Å². The van der Waals surface area contributed by atoms with E-state index in [2.05, 4.69) is 15.7 Å². The number of carbonyl (C=O) groups is 1. The summed E-state index contributed by atoms with van der Waals surface area (Å²) in [5.74, 6) is 5.79. The van der Waals surface area contributed by atoms with E-state index in [0.717, 1.165) is 0 Å². The number of anilines is 1. The predicted octanol–water partition coefficient (Wildman–Crippen LogP) is -0.662. The van der Waals surface area contributed by atoms with Crippen molar-refractivity contribution in [3.8, 4) is 0 Å². The lowest BCUT2D eigenvalue weighted by molar-refractivity contribution is -0.119. The third kappa shape index (κ3) is 7.39. The van der Waals surface area contributed by atoms with Gasteiger partial charge in [0, 0.05) is 26.2 Å². The number of nitrogens with two attached hydrogens (primary N) is 1. The summed E-state index contributed by atoms with van der Waals surface area (Å²) in [4.78, 5) is 14.6. The van der Waals surface area contributed by atoms with Crippen molar-refractivity contribution in [1.82, 2.24) is 14.9 Å². The summed E-state index contributed by atoms with van der Waals surface area (Å²) >= 11 is 0. The monoisotopic (exact) mass is 271 g/mol. The Kier molecular flexibility index (Phi) is 7.56. The Morgan fingerprint density at radius 2 is 2.11 bits per heavy atom. The van der Waals surface area contributed by atoms with E-state index in [9.17, 15) is 4.79 Å². The number of nitrogens with one attached hydrogen (secondary N) is 2. The smallest absolute Gasteiger partial charge is 0.216 e.